The van der Waals surface area contributed by atoms with E-state index in [-0.39, 0.29) is 18.7 Å². The molecule has 1 heterocycles. The number of hydrogen-bond donors (Lipinski definition) is 1. The molecule has 0 bridgehead atoms. The quantitative estimate of drug-likeness (QED) is 0.365. The standard InChI is InChI=1S/C15H17F3N2O5.C5H11NO2/c1-2-24-14(21)11-8-13(25-15(16,17)18)10(7-12(11)20(22)23)9-19-5-3-4-6-19;1-5(2,3)8-4(6)7/h7-8H,2-6,9H2,1H3;1-3H3,(H2,6,7). The van der Waals surface area contributed by atoms with Gasteiger partial charge in [-0.05, 0) is 53.6 Å². The third-order valence-electron chi connectivity index (χ3n) is 4.10. The first kappa shape index (κ1) is 27.9. The fraction of sp³-hybridized carbons (Fsp3) is 0.600. The van der Waals surface area contributed by atoms with Gasteiger partial charge in [0.2, 0.25) is 0 Å². The molecule has 1 fully saturated rings. The number of likely N-dealkylation sites (tertiary alicyclic amines) is 1. The van der Waals surface area contributed by atoms with Gasteiger partial charge < -0.3 is 19.9 Å². The minimum atomic E-state index is -4.98. The summed E-state index contributed by atoms with van der Waals surface area (Å²) in [6, 6.07) is 1.68. The van der Waals surface area contributed by atoms with Crippen LogP contribution in [0.1, 0.15) is 56.5 Å². The molecular weight excluding hydrogens is 451 g/mol. The van der Waals surface area contributed by atoms with Crippen LogP contribution >= 0.6 is 0 Å². The zero-order chi connectivity index (χ0) is 25.4. The highest BCUT2D eigenvalue weighted by molar-refractivity contribution is 5.94. The lowest BCUT2D eigenvalue weighted by molar-refractivity contribution is -0.385. The number of hydrogen-bond acceptors (Lipinski definition) is 8. The Hall–Kier alpha value is -3.09. The summed E-state index contributed by atoms with van der Waals surface area (Å²) in [5.74, 6) is -1.71. The molecule has 33 heavy (non-hydrogen) atoms. The second kappa shape index (κ2) is 11.7. The van der Waals surface area contributed by atoms with Crippen LogP contribution in [0.3, 0.4) is 0 Å². The first-order chi connectivity index (χ1) is 15.1. The van der Waals surface area contributed by atoms with Crippen LogP contribution in [0.5, 0.6) is 5.75 Å². The number of halogens is 3. The Morgan fingerprint density at radius 1 is 1.18 bits per heavy atom. The van der Waals surface area contributed by atoms with E-state index in [4.69, 9.17) is 5.73 Å². The Bertz CT molecular complexity index is 849. The van der Waals surface area contributed by atoms with Gasteiger partial charge in [-0.25, -0.2) is 9.59 Å². The highest BCUT2D eigenvalue weighted by Gasteiger charge is 2.35. The van der Waals surface area contributed by atoms with Gasteiger partial charge >= 0.3 is 18.4 Å². The van der Waals surface area contributed by atoms with Crippen molar-refractivity contribution < 1.29 is 41.9 Å². The molecule has 0 unspecified atom stereocenters. The normalized spacial score (nSPS) is 14.2. The van der Waals surface area contributed by atoms with Gasteiger partial charge in [0.15, 0.2) is 0 Å². The maximum Gasteiger partial charge on any atom is 0.573 e. The summed E-state index contributed by atoms with van der Waals surface area (Å²) in [7, 11) is 0. The minimum absolute atomic E-state index is 0.000950. The maximum absolute atomic E-state index is 12.7. The Kier molecular flexibility index (Phi) is 9.89. The van der Waals surface area contributed by atoms with Gasteiger partial charge in [-0.2, -0.15) is 0 Å². The molecule has 1 amide bonds. The lowest BCUT2D eigenvalue weighted by Gasteiger charge is -2.19. The van der Waals surface area contributed by atoms with Gasteiger partial charge in [-0.3, -0.25) is 15.0 Å². The maximum atomic E-state index is 12.7. The number of ether oxygens (including phenoxy) is 3. The number of esters is 1. The number of carbonyl (C=O) groups excluding carboxylic acids is 2. The number of rotatable bonds is 6. The van der Waals surface area contributed by atoms with E-state index in [9.17, 15) is 32.9 Å². The van der Waals surface area contributed by atoms with Gasteiger partial charge in [0, 0.05) is 24.2 Å². The molecule has 0 aliphatic carbocycles. The third kappa shape index (κ3) is 10.4. The van der Waals surface area contributed by atoms with E-state index in [2.05, 4.69) is 14.2 Å². The number of nitrogens with two attached hydrogens (primary N) is 1. The summed E-state index contributed by atoms with van der Waals surface area (Å²) in [5.41, 5.74) is 3.08. The van der Waals surface area contributed by atoms with Crippen molar-refractivity contribution in [1.82, 2.24) is 4.90 Å². The zero-order valence-corrected chi connectivity index (χ0v) is 18.9. The van der Waals surface area contributed by atoms with E-state index in [1.807, 2.05) is 4.90 Å². The molecule has 13 heteroatoms. The smallest absolute Gasteiger partial charge is 0.462 e. The summed E-state index contributed by atoms with van der Waals surface area (Å²) in [4.78, 5) is 34.2. The number of carbonyl (C=O) groups is 2. The number of alkyl halides is 3. The average molecular weight is 479 g/mol. The van der Waals surface area contributed by atoms with Crippen molar-refractivity contribution in [1.29, 1.82) is 0 Å². The molecule has 0 radical (unpaired) electrons. The van der Waals surface area contributed by atoms with Crippen molar-refractivity contribution >= 4 is 17.7 Å². The van der Waals surface area contributed by atoms with Crippen molar-refractivity contribution in [3.05, 3.63) is 33.4 Å². The van der Waals surface area contributed by atoms with Crippen LogP contribution in [-0.4, -0.2) is 53.5 Å². The summed E-state index contributed by atoms with van der Waals surface area (Å²) in [6.45, 7) is 8.12. The number of primary amides is 1. The average Bonchev–Trinajstić information content (AvgIpc) is 3.13. The number of benzene rings is 1. The first-order valence-electron chi connectivity index (χ1n) is 10.1. The molecule has 1 saturated heterocycles. The van der Waals surface area contributed by atoms with E-state index in [0.29, 0.717) is 13.1 Å². The summed E-state index contributed by atoms with van der Waals surface area (Å²) < 4.78 is 51.3. The largest absolute Gasteiger partial charge is 0.573 e. The van der Waals surface area contributed by atoms with Crippen LogP contribution in [-0.2, 0) is 16.0 Å². The Morgan fingerprint density at radius 2 is 1.76 bits per heavy atom. The van der Waals surface area contributed by atoms with Crippen LogP contribution in [0.4, 0.5) is 23.7 Å². The van der Waals surface area contributed by atoms with Crippen LogP contribution in [0, 0.1) is 10.1 Å². The highest BCUT2D eigenvalue weighted by atomic mass is 19.4. The van der Waals surface area contributed by atoms with Crippen LogP contribution < -0.4 is 10.5 Å². The Morgan fingerprint density at radius 3 is 2.15 bits per heavy atom. The van der Waals surface area contributed by atoms with Gasteiger partial charge in [0.1, 0.15) is 16.9 Å². The molecule has 1 aliphatic rings. The lowest BCUT2D eigenvalue weighted by atomic mass is 10.1. The number of nitro benzene ring substituents is 1. The highest BCUT2D eigenvalue weighted by Crippen LogP contribution is 2.34. The summed E-state index contributed by atoms with van der Waals surface area (Å²) in [6.07, 6.45) is -3.91. The number of nitro groups is 1. The second-order valence-electron chi connectivity index (χ2n) is 8.02. The fourth-order valence-corrected chi connectivity index (χ4v) is 2.96. The second-order valence-corrected chi connectivity index (χ2v) is 8.02. The lowest BCUT2D eigenvalue weighted by Crippen LogP contribution is -2.27. The molecule has 2 N–H and O–H groups in total. The molecule has 0 spiro atoms. The Balaban J connectivity index is 0.000000582. The molecule has 1 aliphatic heterocycles. The summed E-state index contributed by atoms with van der Waals surface area (Å²) >= 11 is 0. The van der Waals surface area contributed by atoms with Gasteiger partial charge in [0.05, 0.1) is 11.5 Å². The Labute approximate surface area is 188 Å². The van der Waals surface area contributed by atoms with E-state index in [1.165, 1.54) is 6.92 Å². The molecule has 186 valence electrons. The van der Waals surface area contributed by atoms with Gasteiger partial charge in [-0.15, -0.1) is 13.2 Å². The van der Waals surface area contributed by atoms with Crippen LogP contribution in [0.2, 0.25) is 0 Å². The van der Waals surface area contributed by atoms with E-state index >= 15 is 0 Å². The van der Waals surface area contributed by atoms with Crippen molar-refractivity contribution in [2.45, 2.75) is 59.0 Å². The van der Waals surface area contributed by atoms with E-state index in [1.54, 1.807) is 20.8 Å². The molecule has 0 saturated carbocycles. The molecule has 1 aromatic rings. The molecule has 0 atom stereocenters. The van der Waals surface area contributed by atoms with Crippen LogP contribution in [0.25, 0.3) is 0 Å². The van der Waals surface area contributed by atoms with Crippen molar-refractivity contribution in [2.75, 3.05) is 19.7 Å². The topological polar surface area (TPSA) is 134 Å². The van der Waals surface area contributed by atoms with Crippen molar-refractivity contribution in [3.63, 3.8) is 0 Å². The molecule has 10 nitrogen and oxygen atoms in total. The predicted octanol–water partition coefficient (Wildman–Crippen LogP) is 4.15. The van der Waals surface area contributed by atoms with Gasteiger partial charge in [-0.1, -0.05) is 0 Å². The third-order valence-corrected chi connectivity index (χ3v) is 4.10. The zero-order valence-electron chi connectivity index (χ0n) is 18.9. The molecular formula is C20H28F3N3O7. The monoisotopic (exact) mass is 479 g/mol. The molecule has 0 aromatic heterocycles. The number of amides is 1. The fourth-order valence-electron chi connectivity index (χ4n) is 2.96. The minimum Gasteiger partial charge on any atom is -0.462 e. The van der Waals surface area contributed by atoms with Crippen molar-refractivity contribution in [3.8, 4) is 5.75 Å². The van der Waals surface area contributed by atoms with E-state index < -0.39 is 45.9 Å². The molecule has 2 rings (SSSR count). The summed E-state index contributed by atoms with van der Waals surface area (Å²) in [5, 5.41) is 11.2. The van der Waals surface area contributed by atoms with Crippen molar-refractivity contribution in [2.24, 2.45) is 5.73 Å². The molecule has 1 aromatic carbocycles. The number of nitrogens with zero attached hydrogens (tertiary/aromatic N) is 2. The van der Waals surface area contributed by atoms with E-state index in [0.717, 1.165) is 25.0 Å². The van der Waals surface area contributed by atoms with Crippen LogP contribution in [0.15, 0.2) is 12.1 Å². The first-order valence-corrected chi connectivity index (χ1v) is 10.1. The predicted molar refractivity (Wildman–Crippen MR) is 111 cm³/mol. The SMILES string of the molecule is CC(C)(C)OC(N)=O.CCOC(=O)c1cc(OC(F)(F)F)c(CN2CCCC2)cc1[N+](=O)[O-]. The van der Waals surface area contributed by atoms with Gasteiger partial charge in [0.25, 0.3) is 5.69 Å².